The largest absolute Gasteiger partial charge is 0.338 e. The summed E-state index contributed by atoms with van der Waals surface area (Å²) in [6.07, 6.45) is 3.23. The van der Waals surface area contributed by atoms with Crippen LogP contribution in [0, 0.1) is 5.92 Å². The van der Waals surface area contributed by atoms with Gasteiger partial charge in [0.1, 0.15) is 0 Å². The number of anilines is 1. The van der Waals surface area contributed by atoms with E-state index in [1.165, 1.54) is 0 Å². The molecule has 1 amide bonds. The van der Waals surface area contributed by atoms with E-state index < -0.39 is 10.0 Å². The van der Waals surface area contributed by atoms with Gasteiger partial charge in [-0.05, 0) is 37.8 Å². The molecule has 1 saturated heterocycles. The summed E-state index contributed by atoms with van der Waals surface area (Å²) in [4.78, 5) is 14.6. The molecule has 0 spiro atoms. The van der Waals surface area contributed by atoms with E-state index in [2.05, 4.69) is 11.6 Å². The van der Waals surface area contributed by atoms with Crippen molar-refractivity contribution in [3.63, 3.8) is 0 Å². The number of hydrogen-bond acceptors (Lipinski definition) is 3. The Morgan fingerprint density at radius 1 is 1.32 bits per heavy atom. The molecule has 5 nitrogen and oxygen atoms in total. The molecule has 0 radical (unpaired) electrons. The van der Waals surface area contributed by atoms with Gasteiger partial charge in [0.2, 0.25) is 10.0 Å². The fourth-order valence-corrected chi connectivity index (χ4v) is 3.41. The molecule has 1 heterocycles. The second-order valence-electron chi connectivity index (χ2n) is 5.72. The maximum absolute atomic E-state index is 12.7. The molecule has 0 bridgehead atoms. The van der Waals surface area contributed by atoms with Gasteiger partial charge in [-0.15, -0.1) is 0 Å². The smallest absolute Gasteiger partial charge is 0.255 e. The van der Waals surface area contributed by atoms with Gasteiger partial charge in [0.25, 0.3) is 5.91 Å². The van der Waals surface area contributed by atoms with Crippen molar-refractivity contribution in [1.82, 2.24) is 4.90 Å². The van der Waals surface area contributed by atoms with E-state index in [0.29, 0.717) is 17.2 Å². The Morgan fingerprint density at radius 3 is 2.73 bits per heavy atom. The molecule has 1 aromatic rings. The van der Waals surface area contributed by atoms with Crippen molar-refractivity contribution >= 4 is 21.6 Å². The third-order valence-corrected chi connectivity index (χ3v) is 5.48. The van der Waals surface area contributed by atoms with Crippen LogP contribution in [0.2, 0.25) is 0 Å². The van der Waals surface area contributed by atoms with Gasteiger partial charge in [0.05, 0.1) is 17.0 Å². The molecule has 22 heavy (non-hydrogen) atoms. The predicted octanol–water partition coefficient (Wildman–Crippen LogP) is 2.71. The number of piperidine rings is 1. The second-order valence-corrected chi connectivity index (χ2v) is 7.73. The molecule has 1 aromatic carbocycles. The van der Waals surface area contributed by atoms with Crippen LogP contribution in [-0.4, -0.2) is 38.1 Å². The number of para-hydroxylation sites is 1. The molecule has 6 heteroatoms. The quantitative estimate of drug-likeness (QED) is 0.905. The average Bonchev–Trinajstić information content (AvgIpc) is 2.54. The fraction of sp³-hybridized carbons (Fsp3) is 0.562. The molecule has 0 unspecified atom stereocenters. The maximum atomic E-state index is 12.7. The molecule has 1 N–H and O–H groups in total. The first kappa shape index (κ1) is 16.8. The molecule has 1 fully saturated rings. The molecule has 0 saturated carbocycles. The van der Waals surface area contributed by atoms with Crippen molar-refractivity contribution in [2.75, 3.05) is 23.6 Å². The monoisotopic (exact) mass is 324 g/mol. The second kappa shape index (κ2) is 7.13. The zero-order chi connectivity index (χ0) is 16.2. The molecule has 122 valence electrons. The zero-order valence-electron chi connectivity index (χ0n) is 13.2. The van der Waals surface area contributed by atoms with Crippen LogP contribution in [0.25, 0.3) is 0 Å². The predicted molar refractivity (Wildman–Crippen MR) is 88.4 cm³/mol. The van der Waals surface area contributed by atoms with Crippen LogP contribution in [0.5, 0.6) is 0 Å². The minimum absolute atomic E-state index is 0.0167. The SMILES string of the molecule is CC[C@@H]1CCCN(C(=O)c2ccccc2NS(=O)(=O)CC)C1. The topological polar surface area (TPSA) is 66.5 Å². The lowest BCUT2D eigenvalue weighted by Gasteiger charge is -2.32. The summed E-state index contributed by atoms with van der Waals surface area (Å²) < 4.78 is 26.1. The van der Waals surface area contributed by atoms with Crippen LogP contribution in [0.15, 0.2) is 24.3 Å². The number of hydrogen-bond donors (Lipinski definition) is 1. The summed E-state index contributed by atoms with van der Waals surface area (Å²) in [5.74, 6) is 0.432. The highest BCUT2D eigenvalue weighted by Gasteiger charge is 2.25. The lowest BCUT2D eigenvalue weighted by Crippen LogP contribution is -2.40. The van der Waals surface area contributed by atoms with Gasteiger partial charge in [-0.2, -0.15) is 0 Å². The number of benzene rings is 1. The van der Waals surface area contributed by atoms with E-state index in [1.54, 1.807) is 31.2 Å². The van der Waals surface area contributed by atoms with Crippen molar-refractivity contribution in [1.29, 1.82) is 0 Å². The Balaban J connectivity index is 2.23. The summed E-state index contributed by atoms with van der Waals surface area (Å²) in [5.41, 5.74) is 0.796. The number of amides is 1. The highest BCUT2D eigenvalue weighted by atomic mass is 32.2. The zero-order valence-corrected chi connectivity index (χ0v) is 14.0. The van der Waals surface area contributed by atoms with Gasteiger partial charge in [-0.25, -0.2) is 8.42 Å². The summed E-state index contributed by atoms with van der Waals surface area (Å²) in [7, 11) is -3.40. The van der Waals surface area contributed by atoms with Crippen LogP contribution in [0.4, 0.5) is 5.69 Å². The molecular weight excluding hydrogens is 300 g/mol. The summed E-state index contributed by atoms with van der Waals surface area (Å²) in [5, 5.41) is 0. The molecule has 0 aliphatic carbocycles. The molecule has 1 aliphatic rings. The third kappa shape index (κ3) is 4.00. The highest BCUT2D eigenvalue weighted by Crippen LogP contribution is 2.24. The Kier molecular flexibility index (Phi) is 5.45. The first-order chi connectivity index (χ1) is 10.5. The van der Waals surface area contributed by atoms with Gasteiger partial charge >= 0.3 is 0 Å². The average molecular weight is 324 g/mol. The number of nitrogens with one attached hydrogen (secondary N) is 1. The minimum atomic E-state index is -3.40. The standard InChI is InChI=1S/C16H24N2O3S/c1-3-13-8-7-11-18(12-13)16(19)14-9-5-6-10-15(14)17-22(20,21)4-2/h5-6,9-10,13,17H,3-4,7-8,11-12H2,1-2H3/t13-/m1/s1. The molecule has 1 atom stereocenters. The van der Waals surface area contributed by atoms with E-state index in [-0.39, 0.29) is 11.7 Å². The fourth-order valence-electron chi connectivity index (χ4n) is 2.75. The maximum Gasteiger partial charge on any atom is 0.255 e. The number of sulfonamides is 1. The summed E-state index contributed by atoms with van der Waals surface area (Å²) in [6, 6.07) is 6.82. The van der Waals surface area contributed by atoms with Gasteiger partial charge < -0.3 is 4.90 Å². The van der Waals surface area contributed by atoms with Crippen molar-refractivity contribution in [2.24, 2.45) is 5.92 Å². The number of carbonyl (C=O) groups is 1. The number of nitrogens with zero attached hydrogens (tertiary/aromatic N) is 1. The van der Waals surface area contributed by atoms with E-state index in [9.17, 15) is 13.2 Å². The van der Waals surface area contributed by atoms with Gasteiger partial charge in [0.15, 0.2) is 0 Å². The van der Waals surface area contributed by atoms with Gasteiger partial charge in [0, 0.05) is 13.1 Å². The molecule has 2 rings (SSSR count). The summed E-state index contributed by atoms with van der Waals surface area (Å²) >= 11 is 0. The Hall–Kier alpha value is -1.56. The van der Waals surface area contributed by atoms with Crippen molar-refractivity contribution in [2.45, 2.75) is 33.1 Å². The van der Waals surface area contributed by atoms with Gasteiger partial charge in [-0.3, -0.25) is 9.52 Å². The minimum Gasteiger partial charge on any atom is -0.338 e. The number of rotatable bonds is 5. The number of carbonyl (C=O) groups excluding carboxylic acids is 1. The van der Waals surface area contributed by atoms with Crippen molar-refractivity contribution < 1.29 is 13.2 Å². The number of likely N-dealkylation sites (tertiary alicyclic amines) is 1. The lowest BCUT2D eigenvalue weighted by atomic mass is 9.95. The lowest BCUT2D eigenvalue weighted by molar-refractivity contribution is 0.0672. The van der Waals surface area contributed by atoms with Crippen LogP contribution >= 0.6 is 0 Å². The van der Waals surface area contributed by atoms with Crippen LogP contribution < -0.4 is 4.72 Å². The first-order valence-electron chi connectivity index (χ1n) is 7.85. The van der Waals surface area contributed by atoms with Crippen molar-refractivity contribution in [3.8, 4) is 0 Å². The first-order valence-corrected chi connectivity index (χ1v) is 9.50. The van der Waals surface area contributed by atoms with Crippen LogP contribution in [0.1, 0.15) is 43.5 Å². The Bertz CT molecular complexity index is 628. The van der Waals surface area contributed by atoms with E-state index in [0.717, 1.165) is 32.4 Å². The Morgan fingerprint density at radius 2 is 2.05 bits per heavy atom. The highest BCUT2D eigenvalue weighted by molar-refractivity contribution is 7.92. The molecular formula is C16H24N2O3S. The summed E-state index contributed by atoms with van der Waals surface area (Å²) in [6.45, 7) is 5.21. The Labute approximate surface area is 132 Å². The van der Waals surface area contributed by atoms with E-state index in [4.69, 9.17) is 0 Å². The van der Waals surface area contributed by atoms with Crippen LogP contribution in [0.3, 0.4) is 0 Å². The van der Waals surface area contributed by atoms with E-state index >= 15 is 0 Å². The normalized spacial score (nSPS) is 19.0. The molecule has 0 aromatic heterocycles. The van der Waals surface area contributed by atoms with Gasteiger partial charge in [-0.1, -0.05) is 25.5 Å². The van der Waals surface area contributed by atoms with Crippen LogP contribution in [-0.2, 0) is 10.0 Å². The third-order valence-electron chi connectivity index (χ3n) is 4.19. The molecule has 1 aliphatic heterocycles. The van der Waals surface area contributed by atoms with E-state index in [1.807, 2.05) is 4.90 Å². The van der Waals surface area contributed by atoms with Crippen molar-refractivity contribution in [3.05, 3.63) is 29.8 Å².